The molecule has 0 aliphatic rings. The first-order chi connectivity index (χ1) is 11.3. The Kier molecular flexibility index (Phi) is 5.35. The third-order valence-corrected chi connectivity index (χ3v) is 5.09. The zero-order valence-corrected chi connectivity index (χ0v) is 13.8. The summed E-state index contributed by atoms with van der Waals surface area (Å²) in [5, 5.41) is 7.13. The number of carbonyl (C=O) groups excluding carboxylic acids is 1. The van der Waals surface area contributed by atoms with Crippen LogP contribution in [0.25, 0.3) is 11.1 Å². The summed E-state index contributed by atoms with van der Waals surface area (Å²) in [5.74, 6) is -1.36. The lowest BCUT2D eigenvalue weighted by molar-refractivity contribution is -0.137. The molecular weight excluding hydrogens is 330 g/mol. The number of aliphatic carboxylic acids is 1. The second kappa shape index (κ2) is 7.27. The summed E-state index contributed by atoms with van der Waals surface area (Å²) in [6.45, 7) is 1.73. The fourth-order valence-electron chi connectivity index (χ4n) is 2.28. The molecule has 0 saturated heterocycles. The van der Waals surface area contributed by atoms with Crippen molar-refractivity contribution in [1.82, 2.24) is 0 Å². The lowest BCUT2D eigenvalue weighted by Gasteiger charge is -2.17. The van der Waals surface area contributed by atoms with Crippen LogP contribution in [-0.4, -0.2) is 31.0 Å². The number of anilines is 1. The number of carbonyl (C=O) groups is 2. The summed E-state index contributed by atoms with van der Waals surface area (Å²) < 4.78 is 27.2. The van der Waals surface area contributed by atoms with Gasteiger partial charge in [0.15, 0.2) is 0 Å². The Balaban J connectivity index is 2.46. The van der Waals surface area contributed by atoms with Gasteiger partial charge in [-0.05, 0) is 18.1 Å². The van der Waals surface area contributed by atoms with E-state index >= 15 is 0 Å². The average Bonchev–Trinajstić information content (AvgIpc) is 2.55. The van der Waals surface area contributed by atoms with Crippen LogP contribution in [0.15, 0.2) is 48.5 Å². The molecule has 0 aliphatic carbocycles. The van der Waals surface area contributed by atoms with Gasteiger partial charge in [0, 0.05) is 5.56 Å². The van der Waals surface area contributed by atoms with Crippen molar-refractivity contribution in [2.45, 2.75) is 18.6 Å². The molecule has 1 atom stereocenters. The van der Waals surface area contributed by atoms with Crippen molar-refractivity contribution in [3.05, 3.63) is 54.1 Å². The second-order valence-electron chi connectivity index (χ2n) is 5.28. The van der Waals surface area contributed by atoms with E-state index in [1.165, 1.54) is 0 Å². The first kappa shape index (κ1) is 17.7. The SMILES string of the molecule is Cc1cccc(-c2ccccc2)c1NS(=O)(=O)C(C=O)CC(=O)O. The number of nitrogens with one attached hydrogen (secondary N) is 1. The number of hydrogen-bond acceptors (Lipinski definition) is 4. The van der Waals surface area contributed by atoms with Crippen LogP contribution in [0.2, 0.25) is 0 Å². The van der Waals surface area contributed by atoms with Gasteiger partial charge in [-0.3, -0.25) is 9.52 Å². The zero-order chi connectivity index (χ0) is 17.7. The van der Waals surface area contributed by atoms with Gasteiger partial charge < -0.3 is 9.90 Å². The Morgan fingerprint density at radius 2 is 1.83 bits per heavy atom. The Morgan fingerprint density at radius 1 is 1.17 bits per heavy atom. The summed E-state index contributed by atoms with van der Waals surface area (Å²) in [5.41, 5.74) is 2.46. The monoisotopic (exact) mass is 347 g/mol. The Hall–Kier alpha value is -2.67. The maximum Gasteiger partial charge on any atom is 0.305 e. The molecule has 0 bridgehead atoms. The van der Waals surface area contributed by atoms with Gasteiger partial charge in [-0.25, -0.2) is 8.42 Å². The maximum atomic E-state index is 12.4. The van der Waals surface area contributed by atoms with Crippen molar-refractivity contribution in [2.75, 3.05) is 4.72 Å². The number of para-hydroxylation sites is 1. The minimum absolute atomic E-state index is 0.136. The number of carboxylic acid groups (broad SMARTS) is 1. The van der Waals surface area contributed by atoms with Crippen molar-refractivity contribution >= 4 is 28.0 Å². The van der Waals surface area contributed by atoms with E-state index < -0.39 is 27.7 Å². The largest absolute Gasteiger partial charge is 0.481 e. The molecule has 0 fully saturated rings. The third kappa shape index (κ3) is 3.99. The molecule has 0 heterocycles. The predicted molar refractivity (Wildman–Crippen MR) is 91.3 cm³/mol. The van der Waals surface area contributed by atoms with Crippen LogP contribution in [0.4, 0.5) is 5.69 Å². The first-order valence-electron chi connectivity index (χ1n) is 7.19. The van der Waals surface area contributed by atoms with E-state index in [9.17, 15) is 18.0 Å². The third-order valence-electron chi connectivity index (χ3n) is 3.53. The van der Waals surface area contributed by atoms with Gasteiger partial charge >= 0.3 is 5.97 Å². The molecule has 1 unspecified atom stereocenters. The van der Waals surface area contributed by atoms with E-state index in [1.54, 1.807) is 25.1 Å². The molecule has 7 heteroatoms. The second-order valence-corrected chi connectivity index (χ2v) is 7.18. The van der Waals surface area contributed by atoms with E-state index in [0.29, 0.717) is 16.8 Å². The summed E-state index contributed by atoms with van der Waals surface area (Å²) in [6.07, 6.45) is -0.650. The zero-order valence-electron chi connectivity index (χ0n) is 13.0. The summed E-state index contributed by atoms with van der Waals surface area (Å²) in [7, 11) is -4.17. The van der Waals surface area contributed by atoms with E-state index in [0.717, 1.165) is 5.56 Å². The number of hydrogen-bond donors (Lipinski definition) is 2. The Bertz CT molecular complexity index is 847. The van der Waals surface area contributed by atoms with Crippen LogP contribution >= 0.6 is 0 Å². The van der Waals surface area contributed by atoms with Gasteiger partial charge in [0.2, 0.25) is 10.0 Å². The number of sulfonamides is 1. The molecule has 2 aromatic rings. The van der Waals surface area contributed by atoms with Gasteiger partial charge in [-0.1, -0.05) is 48.5 Å². The number of benzene rings is 2. The van der Waals surface area contributed by atoms with Crippen molar-refractivity contribution in [1.29, 1.82) is 0 Å². The molecule has 6 nitrogen and oxygen atoms in total. The minimum Gasteiger partial charge on any atom is -0.481 e. The van der Waals surface area contributed by atoms with Crippen LogP contribution in [0, 0.1) is 6.92 Å². The Labute approximate surface area is 140 Å². The van der Waals surface area contributed by atoms with Gasteiger partial charge in [0.05, 0.1) is 12.1 Å². The van der Waals surface area contributed by atoms with Crippen molar-refractivity contribution < 1.29 is 23.1 Å². The topological polar surface area (TPSA) is 101 Å². The average molecular weight is 347 g/mol. The molecule has 2 N–H and O–H groups in total. The van der Waals surface area contributed by atoms with Gasteiger partial charge in [-0.2, -0.15) is 0 Å². The van der Waals surface area contributed by atoms with Crippen LogP contribution in [-0.2, 0) is 19.6 Å². The fraction of sp³-hybridized carbons (Fsp3) is 0.176. The van der Waals surface area contributed by atoms with Crippen molar-refractivity contribution in [3.63, 3.8) is 0 Å². The molecular formula is C17H17NO5S. The molecule has 0 spiro atoms. The maximum absolute atomic E-state index is 12.4. The molecule has 0 radical (unpaired) electrons. The van der Waals surface area contributed by atoms with Gasteiger partial charge in [-0.15, -0.1) is 0 Å². The summed E-state index contributed by atoms with van der Waals surface area (Å²) in [4.78, 5) is 21.8. The molecule has 0 amide bonds. The van der Waals surface area contributed by atoms with Crippen LogP contribution in [0.3, 0.4) is 0 Å². The quantitative estimate of drug-likeness (QED) is 0.749. The van der Waals surface area contributed by atoms with Gasteiger partial charge in [0.25, 0.3) is 0 Å². The molecule has 2 aromatic carbocycles. The van der Waals surface area contributed by atoms with Crippen LogP contribution in [0.1, 0.15) is 12.0 Å². The van der Waals surface area contributed by atoms with E-state index in [2.05, 4.69) is 4.72 Å². The van der Waals surface area contributed by atoms with Crippen LogP contribution < -0.4 is 4.72 Å². The Morgan fingerprint density at radius 3 is 2.42 bits per heavy atom. The first-order valence-corrected chi connectivity index (χ1v) is 8.73. The van der Waals surface area contributed by atoms with E-state index in [4.69, 9.17) is 5.11 Å². The minimum atomic E-state index is -4.17. The lowest BCUT2D eigenvalue weighted by Crippen LogP contribution is -2.31. The number of rotatable bonds is 7. The van der Waals surface area contributed by atoms with E-state index in [-0.39, 0.29) is 6.29 Å². The molecule has 0 aromatic heterocycles. The molecule has 126 valence electrons. The highest BCUT2D eigenvalue weighted by atomic mass is 32.2. The van der Waals surface area contributed by atoms with Gasteiger partial charge in [0.1, 0.15) is 11.5 Å². The van der Waals surface area contributed by atoms with E-state index in [1.807, 2.05) is 30.3 Å². The fourth-order valence-corrected chi connectivity index (χ4v) is 3.50. The van der Waals surface area contributed by atoms with Crippen LogP contribution in [0.5, 0.6) is 0 Å². The predicted octanol–water partition coefficient (Wildman–Crippen LogP) is 2.45. The summed E-state index contributed by atoms with van der Waals surface area (Å²) in [6, 6.07) is 14.5. The molecule has 24 heavy (non-hydrogen) atoms. The normalized spacial score (nSPS) is 12.4. The van der Waals surface area contributed by atoms with Crippen molar-refractivity contribution in [3.8, 4) is 11.1 Å². The highest BCUT2D eigenvalue weighted by Gasteiger charge is 2.28. The van der Waals surface area contributed by atoms with Crippen molar-refractivity contribution in [2.24, 2.45) is 0 Å². The molecule has 0 aliphatic heterocycles. The summed E-state index contributed by atoms with van der Waals surface area (Å²) >= 11 is 0. The molecule has 2 rings (SSSR count). The highest BCUT2D eigenvalue weighted by molar-refractivity contribution is 7.94. The number of aldehydes is 1. The standard InChI is InChI=1S/C17H17NO5S/c1-12-6-5-9-15(13-7-3-2-4-8-13)17(12)18-24(22,23)14(11-19)10-16(20)21/h2-9,11,14,18H,10H2,1H3,(H,20,21). The highest BCUT2D eigenvalue weighted by Crippen LogP contribution is 2.32. The lowest BCUT2D eigenvalue weighted by atomic mass is 10.0. The smallest absolute Gasteiger partial charge is 0.305 e. The number of carboxylic acids is 1. The molecule has 0 saturated carbocycles. The number of aryl methyl sites for hydroxylation is 1.